The molecule has 7 heteroatoms. The molecule has 2 aromatic heterocycles. The van der Waals surface area contributed by atoms with E-state index in [1.165, 1.54) is 0 Å². The predicted octanol–water partition coefficient (Wildman–Crippen LogP) is 1.24. The van der Waals surface area contributed by atoms with Crippen LogP contribution in [0.25, 0.3) is 10.8 Å². The molecular weight excluding hydrogens is 256 g/mol. The van der Waals surface area contributed by atoms with Crippen molar-refractivity contribution in [1.82, 2.24) is 30.9 Å². The van der Waals surface area contributed by atoms with Crippen molar-refractivity contribution in [1.29, 1.82) is 0 Å². The van der Waals surface area contributed by atoms with Crippen LogP contribution in [0.5, 0.6) is 0 Å². The highest BCUT2D eigenvalue weighted by Gasteiger charge is 2.17. The lowest BCUT2D eigenvalue weighted by atomic mass is 10.1. The Bertz CT molecular complexity index is 734. The van der Waals surface area contributed by atoms with Gasteiger partial charge in [-0.3, -0.25) is 9.78 Å². The van der Waals surface area contributed by atoms with E-state index in [0.717, 1.165) is 10.8 Å². The van der Waals surface area contributed by atoms with Crippen LogP contribution in [0, 0.1) is 0 Å². The molecule has 0 aliphatic heterocycles. The zero-order valence-corrected chi connectivity index (χ0v) is 10.7. The number of aromatic amines is 1. The van der Waals surface area contributed by atoms with Crippen LogP contribution in [0.1, 0.15) is 29.3 Å². The summed E-state index contributed by atoms with van der Waals surface area (Å²) in [6, 6.07) is 9.14. The Balaban J connectivity index is 1.89. The van der Waals surface area contributed by atoms with Gasteiger partial charge in [0.25, 0.3) is 5.91 Å². The van der Waals surface area contributed by atoms with Crippen LogP contribution in [0.3, 0.4) is 0 Å². The molecule has 20 heavy (non-hydrogen) atoms. The number of hydrogen-bond donors (Lipinski definition) is 2. The summed E-state index contributed by atoms with van der Waals surface area (Å²) in [6.07, 6.45) is 1.62. The quantitative estimate of drug-likeness (QED) is 0.745. The van der Waals surface area contributed by atoms with Gasteiger partial charge in [-0.2, -0.15) is 5.21 Å². The Morgan fingerprint density at radius 3 is 2.95 bits per heavy atom. The summed E-state index contributed by atoms with van der Waals surface area (Å²) in [5.74, 6) is 0.165. The lowest BCUT2D eigenvalue weighted by molar-refractivity contribution is 0.0935. The number of benzene rings is 1. The Morgan fingerprint density at radius 1 is 1.30 bits per heavy atom. The molecule has 100 valence electrons. The molecule has 0 bridgehead atoms. The van der Waals surface area contributed by atoms with Crippen molar-refractivity contribution in [2.75, 3.05) is 0 Å². The molecule has 0 saturated carbocycles. The highest BCUT2D eigenvalue weighted by atomic mass is 16.1. The van der Waals surface area contributed by atoms with Crippen molar-refractivity contribution in [2.24, 2.45) is 0 Å². The van der Waals surface area contributed by atoms with E-state index in [-0.39, 0.29) is 11.9 Å². The van der Waals surface area contributed by atoms with Crippen LogP contribution in [0.2, 0.25) is 0 Å². The van der Waals surface area contributed by atoms with Gasteiger partial charge in [-0.1, -0.05) is 29.5 Å². The number of carbonyl (C=O) groups is 1. The summed E-state index contributed by atoms with van der Waals surface area (Å²) in [7, 11) is 0. The monoisotopic (exact) mass is 268 g/mol. The van der Waals surface area contributed by atoms with Crippen LogP contribution in [-0.2, 0) is 0 Å². The van der Waals surface area contributed by atoms with E-state index < -0.39 is 0 Å². The highest BCUT2D eigenvalue weighted by molar-refractivity contribution is 6.05. The van der Waals surface area contributed by atoms with E-state index in [9.17, 15) is 4.79 Å². The van der Waals surface area contributed by atoms with Gasteiger partial charge in [0.05, 0.1) is 6.04 Å². The Hall–Kier alpha value is -2.83. The summed E-state index contributed by atoms with van der Waals surface area (Å²) >= 11 is 0. The number of tetrazole rings is 1. The van der Waals surface area contributed by atoms with Gasteiger partial charge in [-0.05, 0) is 18.4 Å². The van der Waals surface area contributed by atoms with E-state index in [1.54, 1.807) is 13.1 Å². The summed E-state index contributed by atoms with van der Waals surface area (Å²) in [5.41, 5.74) is 0.387. The minimum atomic E-state index is -0.345. The van der Waals surface area contributed by atoms with Crippen LogP contribution in [-0.4, -0.2) is 31.5 Å². The number of nitrogens with zero attached hydrogens (tertiary/aromatic N) is 4. The largest absolute Gasteiger partial charge is 0.341 e. The second-order valence-corrected chi connectivity index (χ2v) is 4.35. The molecule has 2 N–H and O–H groups in total. The molecule has 0 spiro atoms. The zero-order valence-electron chi connectivity index (χ0n) is 10.7. The predicted molar refractivity (Wildman–Crippen MR) is 71.8 cm³/mol. The minimum Gasteiger partial charge on any atom is -0.341 e. The maximum Gasteiger partial charge on any atom is 0.271 e. The van der Waals surface area contributed by atoms with Gasteiger partial charge in [-0.25, -0.2) is 0 Å². The van der Waals surface area contributed by atoms with Crippen molar-refractivity contribution >= 4 is 16.7 Å². The third-order valence-electron chi connectivity index (χ3n) is 2.99. The molecular formula is C13H12N6O. The fourth-order valence-corrected chi connectivity index (χ4v) is 1.98. The van der Waals surface area contributed by atoms with Gasteiger partial charge in [0.2, 0.25) is 0 Å². The van der Waals surface area contributed by atoms with Crippen LogP contribution >= 0.6 is 0 Å². The molecule has 0 saturated heterocycles. The number of H-pyrrole nitrogens is 1. The molecule has 0 radical (unpaired) electrons. The average molecular weight is 268 g/mol. The van der Waals surface area contributed by atoms with E-state index in [0.29, 0.717) is 11.5 Å². The molecule has 1 amide bonds. The second-order valence-electron chi connectivity index (χ2n) is 4.35. The summed E-state index contributed by atoms with van der Waals surface area (Å²) < 4.78 is 0. The first-order valence-corrected chi connectivity index (χ1v) is 6.13. The number of rotatable bonds is 3. The number of aromatic nitrogens is 5. The first-order chi connectivity index (χ1) is 9.75. The van der Waals surface area contributed by atoms with Crippen molar-refractivity contribution in [3.8, 4) is 0 Å². The molecule has 0 aliphatic carbocycles. The van der Waals surface area contributed by atoms with Gasteiger partial charge in [-0.15, -0.1) is 10.2 Å². The molecule has 1 aromatic carbocycles. The summed E-state index contributed by atoms with van der Waals surface area (Å²) in [5, 5.41) is 18.1. The number of pyridine rings is 1. The van der Waals surface area contributed by atoms with E-state index in [1.807, 2.05) is 30.3 Å². The molecule has 0 aliphatic rings. The topological polar surface area (TPSA) is 96.5 Å². The Labute approximate surface area is 114 Å². The molecule has 7 nitrogen and oxygen atoms in total. The smallest absolute Gasteiger partial charge is 0.271 e. The van der Waals surface area contributed by atoms with E-state index >= 15 is 0 Å². The number of nitrogens with one attached hydrogen (secondary N) is 2. The van der Waals surface area contributed by atoms with Crippen LogP contribution in [0.15, 0.2) is 36.5 Å². The van der Waals surface area contributed by atoms with Crippen molar-refractivity contribution in [2.45, 2.75) is 13.0 Å². The van der Waals surface area contributed by atoms with Gasteiger partial charge >= 0.3 is 0 Å². The van der Waals surface area contributed by atoms with E-state index in [4.69, 9.17) is 0 Å². The van der Waals surface area contributed by atoms with Crippen LogP contribution < -0.4 is 5.32 Å². The maximum absolute atomic E-state index is 12.3. The molecule has 1 atom stereocenters. The first-order valence-electron chi connectivity index (χ1n) is 6.13. The van der Waals surface area contributed by atoms with Gasteiger partial charge in [0.15, 0.2) is 5.82 Å². The molecule has 2 heterocycles. The maximum atomic E-state index is 12.3. The van der Waals surface area contributed by atoms with Gasteiger partial charge in [0, 0.05) is 11.6 Å². The SMILES string of the molecule is CC(NC(=O)c1nccc2ccccc12)c1nn[nH]n1. The normalized spacial score (nSPS) is 12.2. The molecule has 3 aromatic rings. The number of fused-ring (bicyclic) bond motifs is 1. The molecule has 0 fully saturated rings. The summed E-state index contributed by atoms with van der Waals surface area (Å²) in [4.78, 5) is 16.5. The van der Waals surface area contributed by atoms with Gasteiger partial charge in [0.1, 0.15) is 5.69 Å². The highest BCUT2D eigenvalue weighted by Crippen LogP contribution is 2.17. The number of hydrogen-bond acceptors (Lipinski definition) is 5. The standard InChI is InChI=1S/C13H12N6O/c1-8(12-16-18-19-17-12)15-13(20)11-10-5-3-2-4-9(10)6-7-14-11/h2-8H,1H3,(H,15,20)(H,16,17,18,19). The minimum absolute atomic E-state index is 0.265. The Kier molecular flexibility index (Phi) is 3.08. The van der Waals surface area contributed by atoms with Crippen molar-refractivity contribution in [3.63, 3.8) is 0 Å². The van der Waals surface area contributed by atoms with Crippen molar-refractivity contribution in [3.05, 3.63) is 48.0 Å². The zero-order chi connectivity index (χ0) is 13.9. The number of carbonyl (C=O) groups excluding carboxylic acids is 1. The average Bonchev–Trinajstić information content (AvgIpc) is 3.01. The van der Waals surface area contributed by atoms with Crippen LogP contribution in [0.4, 0.5) is 0 Å². The molecule has 1 unspecified atom stereocenters. The number of amides is 1. The lowest BCUT2D eigenvalue weighted by Gasteiger charge is -2.10. The second kappa shape index (κ2) is 5.04. The fourth-order valence-electron chi connectivity index (χ4n) is 1.98. The third kappa shape index (κ3) is 2.20. The van der Waals surface area contributed by atoms with E-state index in [2.05, 4.69) is 30.9 Å². The molecule has 3 rings (SSSR count). The Morgan fingerprint density at radius 2 is 2.15 bits per heavy atom. The van der Waals surface area contributed by atoms with Crippen molar-refractivity contribution < 1.29 is 4.79 Å². The first kappa shape index (κ1) is 12.2. The lowest BCUT2D eigenvalue weighted by Crippen LogP contribution is -2.28. The fraction of sp³-hybridized carbons (Fsp3) is 0.154. The third-order valence-corrected chi connectivity index (χ3v) is 2.99. The summed E-state index contributed by atoms with van der Waals surface area (Å²) in [6.45, 7) is 1.79. The van der Waals surface area contributed by atoms with Gasteiger partial charge < -0.3 is 5.32 Å².